The zero-order valence-electron chi connectivity index (χ0n) is 11.5. The summed E-state index contributed by atoms with van der Waals surface area (Å²) in [5, 5.41) is 29.1. The van der Waals surface area contributed by atoms with Gasteiger partial charge in [0.2, 0.25) is 0 Å². The zero-order valence-corrected chi connectivity index (χ0v) is 12.3. The molecule has 0 radical (unpaired) electrons. The van der Waals surface area contributed by atoms with Crippen LogP contribution >= 0.6 is 11.8 Å². The Labute approximate surface area is 122 Å². The first-order valence-electron chi connectivity index (χ1n) is 6.40. The molecule has 1 aromatic heterocycles. The Morgan fingerprint density at radius 1 is 1.35 bits per heavy atom. The fourth-order valence-corrected chi connectivity index (χ4v) is 3.07. The average Bonchev–Trinajstić information content (AvgIpc) is 2.41. The lowest BCUT2D eigenvalue weighted by Crippen LogP contribution is -2.50. The normalized spacial score (nSPS) is 30.5. The minimum Gasteiger partial charge on any atom is -0.475 e. The lowest BCUT2D eigenvalue weighted by atomic mass is 10.1. The highest BCUT2D eigenvalue weighted by atomic mass is 32.2. The molecule has 0 bridgehead atoms. The third kappa shape index (κ3) is 3.62. The van der Waals surface area contributed by atoms with E-state index in [4.69, 9.17) is 4.74 Å². The largest absolute Gasteiger partial charge is 0.475 e. The van der Waals surface area contributed by atoms with Gasteiger partial charge in [-0.05, 0) is 26.2 Å². The molecule has 2 rings (SSSR count). The Balaban J connectivity index is 2.10. The van der Waals surface area contributed by atoms with Crippen LogP contribution in [0, 0.1) is 0 Å². The van der Waals surface area contributed by atoms with Crippen LogP contribution in [0.1, 0.15) is 5.69 Å². The van der Waals surface area contributed by atoms with Gasteiger partial charge < -0.3 is 25.0 Å². The van der Waals surface area contributed by atoms with Gasteiger partial charge in [0.25, 0.3) is 0 Å². The van der Waals surface area contributed by atoms with E-state index < -0.39 is 23.7 Å². The van der Waals surface area contributed by atoms with Crippen LogP contribution in [0.5, 0.6) is 5.75 Å². The highest BCUT2D eigenvalue weighted by Gasteiger charge is 2.38. The molecule has 1 aliphatic rings. The van der Waals surface area contributed by atoms with Gasteiger partial charge in [0.1, 0.15) is 18.0 Å². The topological polar surface area (TPSA) is 86.1 Å². The number of aliphatic hydroxyl groups excluding tert-OH is 3. The van der Waals surface area contributed by atoms with Gasteiger partial charge in [-0.25, -0.2) is 0 Å². The number of rotatable bonds is 4. The number of aromatic nitrogens is 1. The number of thioether (sulfide) groups is 1. The molecule has 0 aliphatic carbocycles. The third-order valence-corrected chi connectivity index (χ3v) is 4.25. The van der Waals surface area contributed by atoms with E-state index in [9.17, 15) is 15.3 Å². The van der Waals surface area contributed by atoms with Crippen molar-refractivity contribution in [2.75, 3.05) is 19.8 Å². The van der Waals surface area contributed by atoms with Gasteiger partial charge in [-0.15, -0.1) is 11.8 Å². The van der Waals surface area contributed by atoms with E-state index >= 15 is 0 Å². The van der Waals surface area contributed by atoms with Crippen molar-refractivity contribution in [3.05, 3.63) is 24.0 Å². The molecule has 0 unspecified atom stereocenters. The van der Waals surface area contributed by atoms with Crippen LogP contribution < -0.4 is 4.74 Å². The van der Waals surface area contributed by atoms with Crippen molar-refractivity contribution < 1.29 is 20.1 Å². The van der Waals surface area contributed by atoms with Gasteiger partial charge in [-0.1, -0.05) is 0 Å². The fourth-order valence-electron chi connectivity index (χ4n) is 1.96. The number of hydrogen-bond acceptors (Lipinski definition) is 7. The van der Waals surface area contributed by atoms with E-state index in [0.29, 0.717) is 18.0 Å². The number of nitrogens with zero attached hydrogens (tertiary/aromatic N) is 2. The Hall–Kier alpha value is -0.860. The number of aliphatic hydroxyl groups is 3. The maximum atomic E-state index is 9.96. The summed E-state index contributed by atoms with van der Waals surface area (Å²) in [4.78, 5) is 6.24. The average molecular weight is 300 g/mol. The maximum absolute atomic E-state index is 9.96. The highest BCUT2D eigenvalue weighted by Crippen LogP contribution is 2.30. The standard InChI is InChI=1S/C13H20N2O4S/c1-15(2)6-8-10(4-3-5-14-8)19-13-12(18)11(17)9(16)7-20-13/h3-5,9,11-13,16-18H,6-7H2,1-2H3/t9-,11+,12-,13-/m1/s1. The van der Waals surface area contributed by atoms with Gasteiger partial charge in [0.05, 0.1) is 11.8 Å². The van der Waals surface area contributed by atoms with Crippen LogP contribution in [0.2, 0.25) is 0 Å². The third-order valence-electron chi connectivity index (χ3n) is 3.01. The summed E-state index contributed by atoms with van der Waals surface area (Å²) in [5.41, 5.74) is 0.157. The van der Waals surface area contributed by atoms with E-state index in [-0.39, 0.29) is 0 Å². The minimum atomic E-state index is -1.18. The molecule has 0 amide bonds. The molecule has 2 heterocycles. The first kappa shape index (κ1) is 15.5. The van der Waals surface area contributed by atoms with Gasteiger partial charge >= 0.3 is 0 Å². The summed E-state index contributed by atoms with van der Waals surface area (Å²) in [5.74, 6) is 0.910. The summed E-state index contributed by atoms with van der Waals surface area (Å²) < 4.78 is 5.77. The molecule has 1 aliphatic heterocycles. The van der Waals surface area contributed by atoms with Crippen LogP contribution in [0.4, 0.5) is 0 Å². The lowest BCUT2D eigenvalue weighted by Gasteiger charge is -2.34. The quantitative estimate of drug-likeness (QED) is 0.702. The molecule has 20 heavy (non-hydrogen) atoms. The van der Waals surface area contributed by atoms with Gasteiger partial charge in [-0.3, -0.25) is 4.98 Å². The maximum Gasteiger partial charge on any atom is 0.173 e. The molecule has 1 saturated heterocycles. The van der Waals surface area contributed by atoms with Crippen LogP contribution in [-0.4, -0.2) is 68.8 Å². The second-order valence-electron chi connectivity index (χ2n) is 5.05. The zero-order chi connectivity index (χ0) is 14.7. The Morgan fingerprint density at radius 2 is 2.10 bits per heavy atom. The van der Waals surface area contributed by atoms with Crippen molar-refractivity contribution in [1.29, 1.82) is 0 Å². The molecule has 0 saturated carbocycles. The van der Waals surface area contributed by atoms with Crippen LogP contribution in [0.15, 0.2) is 18.3 Å². The van der Waals surface area contributed by atoms with Crippen molar-refractivity contribution in [3.63, 3.8) is 0 Å². The summed E-state index contributed by atoms with van der Waals surface area (Å²) in [6.07, 6.45) is -1.55. The Kier molecular flexibility index (Phi) is 5.22. The molecule has 0 spiro atoms. The predicted molar refractivity (Wildman–Crippen MR) is 76.5 cm³/mol. The Morgan fingerprint density at radius 3 is 2.80 bits per heavy atom. The molecule has 112 valence electrons. The Bertz CT molecular complexity index is 446. The monoisotopic (exact) mass is 300 g/mol. The summed E-state index contributed by atoms with van der Waals surface area (Å²) >= 11 is 1.28. The van der Waals surface area contributed by atoms with Crippen LogP contribution in [0.3, 0.4) is 0 Å². The van der Waals surface area contributed by atoms with E-state index in [2.05, 4.69) is 4.98 Å². The summed E-state index contributed by atoms with van der Waals surface area (Å²) in [6, 6.07) is 3.55. The van der Waals surface area contributed by atoms with Crippen molar-refractivity contribution in [2.45, 2.75) is 30.3 Å². The molecule has 3 N–H and O–H groups in total. The van der Waals surface area contributed by atoms with E-state index in [1.54, 1.807) is 18.3 Å². The summed E-state index contributed by atoms with van der Waals surface area (Å²) in [6.45, 7) is 0.620. The van der Waals surface area contributed by atoms with Crippen molar-refractivity contribution in [3.8, 4) is 5.75 Å². The van der Waals surface area contributed by atoms with Crippen molar-refractivity contribution in [1.82, 2.24) is 9.88 Å². The highest BCUT2D eigenvalue weighted by molar-refractivity contribution is 7.99. The predicted octanol–water partition coefficient (Wildman–Crippen LogP) is -0.322. The molecule has 0 aromatic carbocycles. The molecule has 4 atom stereocenters. The molecule has 6 nitrogen and oxygen atoms in total. The molecule has 1 aromatic rings. The van der Waals surface area contributed by atoms with Gasteiger partial charge in [0, 0.05) is 18.5 Å². The molecule has 1 fully saturated rings. The molecule has 7 heteroatoms. The van der Waals surface area contributed by atoms with E-state index in [1.807, 2.05) is 19.0 Å². The molecular formula is C13H20N2O4S. The van der Waals surface area contributed by atoms with E-state index in [0.717, 1.165) is 5.69 Å². The van der Waals surface area contributed by atoms with Gasteiger partial charge in [-0.2, -0.15) is 0 Å². The van der Waals surface area contributed by atoms with Crippen LogP contribution in [-0.2, 0) is 6.54 Å². The number of ether oxygens (including phenoxy) is 1. The first-order valence-corrected chi connectivity index (χ1v) is 7.45. The lowest BCUT2D eigenvalue weighted by molar-refractivity contribution is -0.0788. The summed E-state index contributed by atoms with van der Waals surface area (Å²) in [7, 11) is 3.87. The minimum absolute atomic E-state index is 0.326. The van der Waals surface area contributed by atoms with E-state index in [1.165, 1.54) is 11.8 Å². The van der Waals surface area contributed by atoms with Crippen molar-refractivity contribution in [2.24, 2.45) is 0 Å². The first-order chi connectivity index (χ1) is 9.49. The SMILES string of the molecule is CN(C)Cc1ncccc1O[C@@H]1SC[C@@H](O)[C@H](O)[C@H]1O. The van der Waals surface area contributed by atoms with Crippen molar-refractivity contribution >= 4 is 11.8 Å². The second-order valence-corrected chi connectivity index (χ2v) is 6.19. The number of hydrogen-bond donors (Lipinski definition) is 3. The fraction of sp³-hybridized carbons (Fsp3) is 0.615. The van der Waals surface area contributed by atoms with Crippen LogP contribution in [0.25, 0.3) is 0 Å². The second kappa shape index (κ2) is 6.73. The van der Waals surface area contributed by atoms with Gasteiger partial charge in [0.15, 0.2) is 5.44 Å². The smallest absolute Gasteiger partial charge is 0.173 e. The number of pyridine rings is 1. The molecular weight excluding hydrogens is 280 g/mol.